The average Bonchev–Trinajstić information content (AvgIpc) is 2.49. The Morgan fingerprint density at radius 3 is 2.57 bits per heavy atom. The molecule has 0 aliphatic heterocycles. The summed E-state index contributed by atoms with van der Waals surface area (Å²) in [7, 11) is 1.60. The van der Waals surface area contributed by atoms with E-state index in [2.05, 4.69) is 18.7 Å². The van der Waals surface area contributed by atoms with E-state index >= 15 is 0 Å². The lowest BCUT2D eigenvalue weighted by Crippen LogP contribution is -2.28. The highest BCUT2D eigenvalue weighted by molar-refractivity contribution is 5.67. The average molecular weight is 295 g/mol. The molecule has 0 radical (unpaired) electrons. The van der Waals surface area contributed by atoms with Crippen LogP contribution in [0.5, 0.6) is 11.5 Å². The van der Waals surface area contributed by atoms with Crippen molar-refractivity contribution in [2.75, 3.05) is 33.4 Å². The van der Waals surface area contributed by atoms with Crippen molar-refractivity contribution in [3.05, 3.63) is 23.8 Å². The number of hydrogen-bond donors (Lipinski definition) is 1. The molecular formula is C16H25NO4. The maximum Gasteiger partial charge on any atom is 0.303 e. The summed E-state index contributed by atoms with van der Waals surface area (Å²) < 4.78 is 11.0. The first-order valence-corrected chi connectivity index (χ1v) is 7.34. The number of likely N-dealkylation sites (N-methyl/N-ethyl adjacent to an activating group) is 1. The molecule has 5 nitrogen and oxygen atoms in total. The highest BCUT2D eigenvalue weighted by Gasteiger charge is 2.09. The normalized spacial score (nSPS) is 10.7. The van der Waals surface area contributed by atoms with Gasteiger partial charge in [0.05, 0.1) is 7.11 Å². The van der Waals surface area contributed by atoms with E-state index in [0.717, 1.165) is 25.2 Å². The smallest absolute Gasteiger partial charge is 0.303 e. The van der Waals surface area contributed by atoms with Gasteiger partial charge in [-0.05, 0) is 31.1 Å². The Balaban J connectivity index is 2.69. The lowest BCUT2D eigenvalue weighted by atomic mass is 10.1. The molecule has 1 aromatic carbocycles. The van der Waals surface area contributed by atoms with E-state index in [9.17, 15) is 4.79 Å². The molecule has 118 valence electrons. The van der Waals surface area contributed by atoms with Crippen LogP contribution in [0, 0.1) is 0 Å². The summed E-state index contributed by atoms with van der Waals surface area (Å²) in [6.07, 6.45) is 0.554. The van der Waals surface area contributed by atoms with Gasteiger partial charge >= 0.3 is 5.97 Å². The number of ether oxygens (including phenoxy) is 2. The van der Waals surface area contributed by atoms with Gasteiger partial charge in [-0.3, -0.25) is 4.79 Å². The minimum Gasteiger partial charge on any atom is -0.497 e. The number of rotatable bonds is 10. The summed E-state index contributed by atoms with van der Waals surface area (Å²) in [6.45, 7) is 7.64. The molecule has 5 heteroatoms. The van der Waals surface area contributed by atoms with E-state index in [1.165, 1.54) is 0 Å². The molecule has 0 spiro atoms. The summed E-state index contributed by atoms with van der Waals surface area (Å²) in [5.74, 6) is 0.620. The van der Waals surface area contributed by atoms with Crippen molar-refractivity contribution in [2.24, 2.45) is 0 Å². The number of aryl methyl sites for hydroxylation is 1. The van der Waals surface area contributed by atoms with Crippen LogP contribution >= 0.6 is 0 Å². The highest BCUT2D eigenvalue weighted by atomic mass is 16.5. The van der Waals surface area contributed by atoms with Crippen molar-refractivity contribution in [2.45, 2.75) is 26.7 Å². The van der Waals surface area contributed by atoms with E-state index in [4.69, 9.17) is 14.6 Å². The Bertz CT molecular complexity index is 444. The maximum atomic E-state index is 10.7. The lowest BCUT2D eigenvalue weighted by molar-refractivity contribution is -0.136. The van der Waals surface area contributed by atoms with Crippen molar-refractivity contribution in [3.63, 3.8) is 0 Å². The molecule has 0 aliphatic rings. The van der Waals surface area contributed by atoms with Crippen molar-refractivity contribution < 1.29 is 19.4 Å². The largest absolute Gasteiger partial charge is 0.497 e. The van der Waals surface area contributed by atoms with Gasteiger partial charge < -0.3 is 19.5 Å². The number of carbonyl (C=O) groups is 1. The predicted octanol–water partition coefficient (Wildman–Crippen LogP) is 2.43. The first-order chi connectivity index (χ1) is 10.1. The molecule has 1 aromatic rings. The minimum atomic E-state index is -0.806. The molecule has 1 N–H and O–H groups in total. The van der Waals surface area contributed by atoms with Gasteiger partial charge in [0.15, 0.2) is 0 Å². The number of aliphatic carboxylic acids is 1. The van der Waals surface area contributed by atoms with E-state index in [1.54, 1.807) is 7.11 Å². The van der Waals surface area contributed by atoms with Gasteiger partial charge in [-0.1, -0.05) is 19.9 Å². The molecule has 0 bridgehead atoms. The second-order valence-electron chi connectivity index (χ2n) is 4.74. The maximum absolute atomic E-state index is 10.7. The van der Waals surface area contributed by atoms with Crippen LogP contribution in [0.25, 0.3) is 0 Å². The van der Waals surface area contributed by atoms with Gasteiger partial charge in [0.1, 0.15) is 18.1 Å². The molecule has 21 heavy (non-hydrogen) atoms. The minimum absolute atomic E-state index is 0.0960. The van der Waals surface area contributed by atoms with Crippen LogP contribution in [0.2, 0.25) is 0 Å². The second kappa shape index (κ2) is 9.23. The highest BCUT2D eigenvalue weighted by Crippen LogP contribution is 2.26. The van der Waals surface area contributed by atoms with Crippen LogP contribution in [-0.2, 0) is 11.2 Å². The Hall–Kier alpha value is -1.75. The predicted molar refractivity (Wildman–Crippen MR) is 82.2 cm³/mol. The van der Waals surface area contributed by atoms with Crippen LogP contribution in [0.1, 0.15) is 25.8 Å². The van der Waals surface area contributed by atoms with Crippen molar-refractivity contribution in [1.29, 1.82) is 0 Å². The topological polar surface area (TPSA) is 59.0 Å². The molecule has 0 saturated heterocycles. The van der Waals surface area contributed by atoms with E-state index < -0.39 is 5.97 Å². The molecule has 0 aromatic heterocycles. The molecule has 0 amide bonds. The molecule has 0 atom stereocenters. The van der Waals surface area contributed by atoms with Crippen LogP contribution in [0.15, 0.2) is 18.2 Å². The Morgan fingerprint density at radius 1 is 1.29 bits per heavy atom. The molecular weight excluding hydrogens is 270 g/mol. The van der Waals surface area contributed by atoms with Gasteiger partial charge in [-0.2, -0.15) is 0 Å². The second-order valence-corrected chi connectivity index (χ2v) is 4.74. The zero-order chi connectivity index (χ0) is 15.7. The first-order valence-electron chi connectivity index (χ1n) is 7.34. The van der Waals surface area contributed by atoms with Crippen molar-refractivity contribution in [3.8, 4) is 11.5 Å². The third-order valence-corrected chi connectivity index (χ3v) is 3.44. The Labute approximate surface area is 126 Å². The Morgan fingerprint density at radius 2 is 2.00 bits per heavy atom. The van der Waals surface area contributed by atoms with Crippen molar-refractivity contribution in [1.82, 2.24) is 4.90 Å². The standard InChI is InChI=1S/C16H25NO4/c1-4-17(5-2)10-11-21-15-12-14(20-3)8-6-13(15)7-9-16(18)19/h6,8,12H,4-5,7,9-11H2,1-3H3,(H,18,19). The van der Waals surface area contributed by atoms with Crippen LogP contribution in [0.4, 0.5) is 0 Å². The van der Waals surface area contributed by atoms with Crippen molar-refractivity contribution >= 4 is 5.97 Å². The fraction of sp³-hybridized carbons (Fsp3) is 0.562. The first kappa shape index (κ1) is 17.3. The molecule has 1 rings (SSSR count). The number of benzene rings is 1. The SMILES string of the molecule is CCN(CC)CCOc1cc(OC)ccc1CCC(=O)O. The quantitative estimate of drug-likeness (QED) is 0.718. The zero-order valence-corrected chi connectivity index (χ0v) is 13.1. The summed E-state index contributed by atoms with van der Waals surface area (Å²) in [5.41, 5.74) is 0.901. The summed E-state index contributed by atoms with van der Waals surface area (Å²) in [6, 6.07) is 5.52. The molecule has 0 aliphatic carbocycles. The number of nitrogens with zero attached hydrogens (tertiary/aromatic N) is 1. The van der Waals surface area contributed by atoms with E-state index in [-0.39, 0.29) is 6.42 Å². The van der Waals surface area contributed by atoms with Crippen LogP contribution in [-0.4, -0.2) is 49.3 Å². The molecule has 0 heterocycles. The zero-order valence-electron chi connectivity index (χ0n) is 13.1. The van der Waals surface area contributed by atoms with E-state index in [1.807, 2.05) is 18.2 Å². The summed E-state index contributed by atoms with van der Waals surface area (Å²) >= 11 is 0. The van der Waals surface area contributed by atoms with Gasteiger partial charge in [0, 0.05) is 19.0 Å². The van der Waals surface area contributed by atoms with Gasteiger partial charge in [0.2, 0.25) is 0 Å². The summed E-state index contributed by atoms with van der Waals surface area (Å²) in [4.78, 5) is 13.0. The summed E-state index contributed by atoms with van der Waals surface area (Å²) in [5, 5.41) is 8.81. The molecule has 0 unspecified atom stereocenters. The molecule has 0 fully saturated rings. The van der Waals surface area contributed by atoms with Gasteiger partial charge in [-0.25, -0.2) is 0 Å². The fourth-order valence-corrected chi connectivity index (χ4v) is 2.07. The number of carboxylic acids is 1. The lowest BCUT2D eigenvalue weighted by Gasteiger charge is -2.19. The third kappa shape index (κ3) is 6.04. The third-order valence-electron chi connectivity index (χ3n) is 3.44. The monoisotopic (exact) mass is 295 g/mol. The number of methoxy groups -OCH3 is 1. The molecule has 0 saturated carbocycles. The van der Waals surface area contributed by atoms with Crippen LogP contribution < -0.4 is 9.47 Å². The number of carboxylic acid groups (broad SMARTS) is 1. The van der Waals surface area contributed by atoms with E-state index in [0.29, 0.717) is 24.5 Å². The van der Waals surface area contributed by atoms with Gasteiger partial charge in [-0.15, -0.1) is 0 Å². The number of hydrogen-bond acceptors (Lipinski definition) is 4. The Kier molecular flexibility index (Phi) is 7.61. The van der Waals surface area contributed by atoms with Crippen LogP contribution in [0.3, 0.4) is 0 Å². The van der Waals surface area contributed by atoms with Gasteiger partial charge in [0.25, 0.3) is 0 Å². The fourth-order valence-electron chi connectivity index (χ4n) is 2.07.